The zero-order valence-corrected chi connectivity index (χ0v) is 8.59. The minimum atomic E-state index is -0.0220. The zero-order chi connectivity index (χ0) is 6.85. The number of hydrogen-bond donors (Lipinski definition) is 0. The van der Waals surface area contributed by atoms with Gasteiger partial charge in [-0.05, 0) is 5.76 Å². The van der Waals surface area contributed by atoms with Gasteiger partial charge in [-0.15, -0.1) is 12.5 Å². The second-order valence-corrected chi connectivity index (χ2v) is 1.83. The van der Waals surface area contributed by atoms with Gasteiger partial charge in [-0.25, -0.2) is 6.92 Å². The van der Waals surface area contributed by atoms with Crippen molar-refractivity contribution in [2.75, 3.05) is 0 Å². The Labute approximate surface area is 84.5 Å². The third-order valence-electron chi connectivity index (χ3n) is 1.22. The van der Waals surface area contributed by atoms with Gasteiger partial charge >= 0.3 is 0 Å². The van der Waals surface area contributed by atoms with Crippen LogP contribution in [0.2, 0.25) is 0 Å². The molecule has 0 aliphatic carbocycles. The number of rotatable bonds is 0. The molecule has 0 aromatic carbocycles. The van der Waals surface area contributed by atoms with E-state index in [2.05, 4.69) is 6.92 Å². The summed E-state index contributed by atoms with van der Waals surface area (Å²) in [7, 11) is 0. The molecule has 0 unspecified atom stereocenters. The van der Waals surface area contributed by atoms with Crippen LogP contribution in [0.25, 0.3) is 0 Å². The van der Waals surface area contributed by atoms with E-state index in [-0.39, 0.29) is 38.1 Å². The number of hydrogen-bond acceptors (Lipinski definition) is 2. The van der Waals surface area contributed by atoms with Crippen LogP contribution in [0.3, 0.4) is 0 Å². The van der Waals surface area contributed by atoms with Gasteiger partial charge < -0.3 is 9.21 Å². The summed E-state index contributed by atoms with van der Waals surface area (Å²) in [4.78, 5) is 10.7. The quantitative estimate of drug-likeness (QED) is 0.603. The first-order valence-electron chi connectivity index (χ1n) is 2.62. The molecule has 1 heterocycles. The topological polar surface area (TPSA) is 30.2 Å². The average Bonchev–Trinajstić information content (AvgIpc) is 1.83. The van der Waals surface area contributed by atoms with Crippen LogP contribution in [-0.2, 0) is 32.7 Å². The molecule has 0 bridgehead atoms. The molecule has 0 fully saturated rings. The van der Waals surface area contributed by atoms with Crippen molar-refractivity contribution in [3.8, 4) is 0 Å². The van der Waals surface area contributed by atoms with Crippen molar-refractivity contribution in [1.29, 1.82) is 0 Å². The summed E-state index contributed by atoms with van der Waals surface area (Å²) in [5.41, 5.74) is 0.559. The third-order valence-corrected chi connectivity index (χ3v) is 1.22. The summed E-state index contributed by atoms with van der Waals surface area (Å²) in [5, 5.41) is 0. The summed E-state index contributed by atoms with van der Waals surface area (Å²) < 4.78 is 4.83. The SMILES string of the molecule is [CH2-]c1occc(=O)c1C.[Y]. The molecule has 2 nitrogen and oxygen atoms in total. The summed E-state index contributed by atoms with van der Waals surface area (Å²) in [6, 6.07) is 1.38. The predicted molar refractivity (Wildman–Crippen MR) is 34.2 cm³/mol. The monoisotopic (exact) mass is 212 g/mol. The van der Waals surface area contributed by atoms with Gasteiger partial charge in [-0.1, -0.05) is 0 Å². The van der Waals surface area contributed by atoms with Crippen LogP contribution in [0.1, 0.15) is 11.3 Å². The molecule has 1 rings (SSSR count). The average molecular weight is 212 g/mol. The van der Waals surface area contributed by atoms with Crippen molar-refractivity contribution in [3.05, 3.63) is 40.8 Å². The van der Waals surface area contributed by atoms with Crippen LogP contribution in [0.4, 0.5) is 0 Å². The molecule has 1 radical (unpaired) electrons. The summed E-state index contributed by atoms with van der Waals surface area (Å²) in [6.45, 7) is 5.20. The molecule has 51 valence electrons. The Morgan fingerprint density at radius 3 is 2.60 bits per heavy atom. The van der Waals surface area contributed by atoms with Crippen LogP contribution in [0.5, 0.6) is 0 Å². The molecule has 0 N–H and O–H groups in total. The minimum absolute atomic E-state index is 0. The third kappa shape index (κ3) is 1.96. The fourth-order valence-corrected chi connectivity index (χ4v) is 0.529. The Hall–Kier alpha value is -0.0761. The Bertz CT molecular complexity index is 265. The van der Waals surface area contributed by atoms with Crippen molar-refractivity contribution in [1.82, 2.24) is 0 Å². The van der Waals surface area contributed by atoms with E-state index in [4.69, 9.17) is 4.42 Å². The van der Waals surface area contributed by atoms with Gasteiger partial charge in [-0.3, -0.25) is 0 Å². The van der Waals surface area contributed by atoms with Crippen LogP contribution >= 0.6 is 0 Å². The van der Waals surface area contributed by atoms with Crippen LogP contribution in [-0.4, -0.2) is 0 Å². The van der Waals surface area contributed by atoms with Gasteiger partial charge in [0.25, 0.3) is 0 Å². The standard InChI is InChI=1S/C7H7O2.Y/c1-5-6(2)9-4-3-7(5)8;/h3-4H,2H2,1H3;/q-1;. The predicted octanol–water partition coefficient (Wildman–Crippen LogP) is 1.13. The molecule has 1 aromatic heterocycles. The van der Waals surface area contributed by atoms with E-state index < -0.39 is 0 Å². The van der Waals surface area contributed by atoms with Crippen LogP contribution in [0, 0.1) is 13.8 Å². The Kier molecular flexibility index (Phi) is 3.91. The first-order valence-corrected chi connectivity index (χ1v) is 2.62. The second kappa shape index (κ2) is 3.94. The zero-order valence-electron chi connectivity index (χ0n) is 5.76. The Morgan fingerprint density at radius 2 is 2.20 bits per heavy atom. The van der Waals surface area contributed by atoms with E-state index in [9.17, 15) is 4.79 Å². The van der Waals surface area contributed by atoms with Crippen LogP contribution in [0.15, 0.2) is 21.5 Å². The molecule has 1 aromatic rings. The summed E-state index contributed by atoms with van der Waals surface area (Å²) in [6.07, 6.45) is 1.34. The van der Waals surface area contributed by atoms with Crippen molar-refractivity contribution in [2.45, 2.75) is 6.92 Å². The van der Waals surface area contributed by atoms with E-state index in [0.29, 0.717) is 11.3 Å². The van der Waals surface area contributed by atoms with Gasteiger partial charge in [-0.2, -0.15) is 0 Å². The Morgan fingerprint density at radius 1 is 1.60 bits per heavy atom. The molecule has 0 amide bonds. The molecular weight excluding hydrogens is 205 g/mol. The Balaban J connectivity index is 0.000000810. The van der Waals surface area contributed by atoms with Crippen molar-refractivity contribution in [3.63, 3.8) is 0 Å². The van der Waals surface area contributed by atoms with Gasteiger partial charge in [0.15, 0.2) is 0 Å². The van der Waals surface area contributed by atoms with E-state index in [1.54, 1.807) is 6.92 Å². The molecular formula is C7H7O2Y-. The van der Waals surface area contributed by atoms with Crippen molar-refractivity contribution >= 4 is 0 Å². The molecule has 0 saturated heterocycles. The van der Waals surface area contributed by atoms with Gasteiger partial charge in [0.05, 0.1) is 6.26 Å². The molecule has 0 spiro atoms. The molecule has 0 aliphatic heterocycles. The maximum Gasteiger partial charge on any atom is 0.108 e. The first-order chi connectivity index (χ1) is 4.22. The van der Waals surface area contributed by atoms with Gasteiger partial charge in [0, 0.05) is 38.8 Å². The van der Waals surface area contributed by atoms with E-state index in [0.717, 1.165) is 0 Å². The molecule has 10 heavy (non-hydrogen) atoms. The molecule has 3 heteroatoms. The maximum atomic E-state index is 10.7. The first kappa shape index (κ1) is 9.92. The van der Waals surface area contributed by atoms with Crippen LogP contribution < -0.4 is 5.43 Å². The largest absolute Gasteiger partial charge is 0.502 e. The van der Waals surface area contributed by atoms with E-state index >= 15 is 0 Å². The molecule has 0 atom stereocenters. The maximum absolute atomic E-state index is 10.7. The second-order valence-electron chi connectivity index (χ2n) is 1.83. The fraction of sp³-hybridized carbons (Fsp3) is 0.143. The van der Waals surface area contributed by atoms with Crippen molar-refractivity contribution < 1.29 is 37.1 Å². The minimum Gasteiger partial charge on any atom is -0.502 e. The van der Waals surface area contributed by atoms with Gasteiger partial charge in [0.2, 0.25) is 0 Å². The molecule has 0 aliphatic rings. The normalized spacial score (nSPS) is 8.50. The van der Waals surface area contributed by atoms with E-state index in [1.807, 2.05) is 0 Å². The van der Waals surface area contributed by atoms with E-state index in [1.165, 1.54) is 12.3 Å². The summed E-state index contributed by atoms with van der Waals surface area (Å²) >= 11 is 0. The van der Waals surface area contributed by atoms with Crippen molar-refractivity contribution in [2.24, 2.45) is 0 Å². The fourth-order valence-electron chi connectivity index (χ4n) is 0.529. The molecule has 0 saturated carbocycles. The summed E-state index contributed by atoms with van der Waals surface area (Å²) in [5.74, 6) is 0.447. The smallest absolute Gasteiger partial charge is 0.108 e. The van der Waals surface area contributed by atoms with Gasteiger partial charge in [0.1, 0.15) is 5.43 Å².